The van der Waals surface area contributed by atoms with Crippen LogP contribution in [0.2, 0.25) is 0 Å². The predicted molar refractivity (Wildman–Crippen MR) is 86.1 cm³/mol. The molecule has 4 heteroatoms. The van der Waals surface area contributed by atoms with Gasteiger partial charge in [-0.1, -0.05) is 26.0 Å². The molecular weight excluding hydrogens is 278 g/mol. The summed E-state index contributed by atoms with van der Waals surface area (Å²) in [7, 11) is 0. The Kier molecular flexibility index (Phi) is 5.26. The molecule has 0 fully saturated rings. The van der Waals surface area contributed by atoms with Crippen LogP contribution in [0.4, 0.5) is 0 Å². The van der Waals surface area contributed by atoms with Gasteiger partial charge in [-0.2, -0.15) is 0 Å². The summed E-state index contributed by atoms with van der Waals surface area (Å²) in [6, 6.07) is 9.77. The van der Waals surface area contributed by atoms with Gasteiger partial charge in [0, 0.05) is 12.1 Å². The van der Waals surface area contributed by atoms with E-state index in [9.17, 15) is 4.79 Å². The Hall–Kier alpha value is -2.23. The molecule has 0 spiro atoms. The third kappa shape index (κ3) is 4.38. The monoisotopic (exact) mass is 301 g/mol. The molecule has 22 heavy (non-hydrogen) atoms. The van der Waals surface area contributed by atoms with Crippen LogP contribution >= 0.6 is 0 Å². The summed E-state index contributed by atoms with van der Waals surface area (Å²) in [5, 5.41) is 2.84. The Labute approximate surface area is 131 Å². The summed E-state index contributed by atoms with van der Waals surface area (Å²) in [6.07, 6.45) is 0. The number of carbonyl (C=O) groups excluding carboxylic acids is 1. The first-order chi connectivity index (χ1) is 10.5. The Morgan fingerprint density at radius 3 is 2.68 bits per heavy atom. The zero-order valence-electron chi connectivity index (χ0n) is 13.6. The molecule has 0 unspecified atom stereocenters. The number of aryl methyl sites for hydroxylation is 2. The van der Waals surface area contributed by atoms with E-state index in [0.29, 0.717) is 12.5 Å². The summed E-state index contributed by atoms with van der Waals surface area (Å²) >= 11 is 0. The van der Waals surface area contributed by atoms with Crippen molar-refractivity contribution in [2.24, 2.45) is 0 Å². The van der Waals surface area contributed by atoms with Crippen LogP contribution in [0.25, 0.3) is 0 Å². The quantitative estimate of drug-likeness (QED) is 0.884. The molecule has 1 aromatic heterocycles. The van der Waals surface area contributed by atoms with E-state index in [2.05, 4.69) is 25.2 Å². The number of hydrogen-bond donors (Lipinski definition) is 1. The molecule has 0 atom stereocenters. The fourth-order valence-electron chi connectivity index (χ4n) is 2.22. The highest BCUT2D eigenvalue weighted by Crippen LogP contribution is 2.20. The maximum Gasteiger partial charge on any atom is 0.258 e. The molecule has 0 aliphatic rings. The van der Waals surface area contributed by atoms with Crippen molar-refractivity contribution in [1.29, 1.82) is 0 Å². The second-order valence-corrected chi connectivity index (χ2v) is 5.73. The summed E-state index contributed by atoms with van der Waals surface area (Å²) in [5.74, 6) is 2.70. The van der Waals surface area contributed by atoms with Crippen molar-refractivity contribution in [1.82, 2.24) is 5.32 Å². The van der Waals surface area contributed by atoms with Crippen molar-refractivity contribution in [3.63, 3.8) is 0 Å². The number of benzene rings is 1. The lowest BCUT2D eigenvalue weighted by Gasteiger charge is -2.10. The van der Waals surface area contributed by atoms with Crippen LogP contribution in [-0.2, 0) is 11.3 Å². The number of amides is 1. The number of hydrogen-bond acceptors (Lipinski definition) is 3. The van der Waals surface area contributed by atoms with E-state index >= 15 is 0 Å². The van der Waals surface area contributed by atoms with Crippen LogP contribution in [0, 0.1) is 13.8 Å². The van der Waals surface area contributed by atoms with E-state index in [1.54, 1.807) is 0 Å². The van der Waals surface area contributed by atoms with E-state index in [0.717, 1.165) is 22.8 Å². The molecule has 1 amide bonds. The van der Waals surface area contributed by atoms with Crippen molar-refractivity contribution in [3.8, 4) is 5.75 Å². The highest BCUT2D eigenvalue weighted by molar-refractivity contribution is 5.77. The van der Waals surface area contributed by atoms with E-state index in [-0.39, 0.29) is 12.5 Å². The van der Waals surface area contributed by atoms with Gasteiger partial charge >= 0.3 is 0 Å². The molecule has 0 aliphatic heterocycles. The van der Waals surface area contributed by atoms with Gasteiger partial charge in [-0.3, -0.25) is 4.79 Å². The highest BCUT2D eigenvalue weighted by Gasteiger charge is 2.08. The fraction of sp³-hybridized carbons (Fsp3) is 0.389. The minimum absolute atomic E-state index is 0.0113. The van der Waals surface area contributed by atoms with Crippen LogP contribution in [0.15, 0.2) is 34.7 Å². The summed E-state index contributed by atoms with van der Waals surface area (Å²) < 4.78 is 11.0. The molecule has 2 rings (SSSR count). The van der Waals surface area contributed by atoms with Crippen molar-refractivity contribution in [2.45, 2.75) is 40.2 Å². The van der Waals surface area contributed by atoms with Crippen molar-refractivity contribution >= 4 is 5.91 Å². The lowest BCUT2D eigenvalue weighted by molar-refractivity contribution is -0.123. The third-order valence-electron chi connectivity index (χ3n) is 3.51. The van der Waals surface area contributed by atoms with Crippen LogP contribution < -0.4 is 10.1 Å². The number of furan rings is 1. The van der Waals surface area contributed by atoms with Gasteiger partial charge in [0.25, 0.3) is 5.91 Å². The normalized spacial score (nSPS) is 10.8. The van der Waals surface area contributed by atoms with Crippen molar-refractivity contribution < 1.29 is 13.9 Å². The minimum Gasteiger partial charge on any atom is -0.484 e. The first kappa shape index (κ1) is 16.1. The van der Waals surface area contributed by atoms with Gasteiger partial charge < -0.3 is 14.5 Å². The molecule has 2 aromatic rings. The molecule has 0 saturated carbocycles. The molecule has 1 N–H and O–H groups in total. The largest absolute Gasteiger partial charge is 0.484 e. The van der Waals surface area contributed by atoms with Gasteiger partial charge in [-0.25, -0.2) is 0 Å². The van der Waals surface area contributed by atoms with Crippen LogP contribution in [0.5, 0.6) is 5.75 Å². The van der Waals surface area contributed by atoms with Crippen LogP contribution in [0.3, 0.4) is 0 Å². The van der Waals surface area contributed by atoms with Crippen molar-refractivity contribution in [3.05, 3.63) is 53.0 Å². The Morgan fingerprint density at radius 2 is 2.05 bits per heavy atom. The van der Waals surface area contributed by atoms with Gasteiger partial charge in [0.15, 0.2) is 6.61 Å². The second kappa shape index (κ2) is 7.16. The van der Waals surface area contributed by atoms with Gasteiger partial charge in [0.2, 0.25) is 0 Å². The zero-order valence-corrected chi connectivity index (χ0v) is 13.6. The molecule has 4 nitrogen and oxygen atoms in total. The average Bonchev–Trinajstić information content (AvgIpc) is 2.81. The SMILES string of the molecule is Cc1cc(CNC(=O)COc2cccc(C(C)C)c2)c(C)o1. The smallest absolute Gasteiger partial charge is 0.258 e. The first-order valence-electron chi connectivity index (χ1n) is 7.51. The van der Waals surface area contributed by atoms with E-state index in [1.807, 2.05) is 38.1 Å². The average molecular weight is 301 g/mol. The lowest BCUT2D eigenvalue weighted by Crippen LogP contribution is -2.28. The topological polar surface area (TPSA) is 51.5 Å². The number of ether oxygens (including phenoxy) is 1. The zero-order chi connectivity index (χ0) is 16.1. The van der Waals surface area contributed by atoms with Gasteiger partial charge in [0.05, 0.1) is 0 Å². The number of carbonyl (C=O) groups is 1. The van der Waals surface area contributed by atoms with Crippen LogP contribution in [0.1, 0.15) is 42.4 Å². The Balaban J connectivity index is 1.83. The minimum atomic E-state index is -0.145. The van der Waals surface area contributed by atoms with Crippen molar-refractivity contribution in [2.75, 3.05) is 6.61 Å². The van der Waals surface area contributed by atoms with E-state index in [4.69, 9.17) is 9.15 Å². The summed E-state index contributed by atoms with van der Waals surface area (Å²) in [6.45, 7) is 8.50. The van der Waals surface area contributed by atoms with E-state index < -0.39 is 0 Å². The molecule has 0 bridgehead atoms. The lowest BCUT2D eigenvalue weighted by atomic mass is 10.0. The van der Waals surface area contributed by atoms with Gasteiger partial charge in [-0.15, -0.1) is 0 Å². The molecule has 0 radical (unpaired) electrons. The second-order valence-electron chi connectivity index (χ2n) is 5.73. The third-order valence-corrected chi connectivity index (χ3v) is 3.51. The fourth-order valence-corrected chi connectivity index (χ4v) is 2.22. The predicted octanol–water partition coefficient (Wildman–Crippen LogP) is 3.72. The Bertz CT molecular complexity index is 644. The van der Waals surface area contributed by atoms with Gasteiger partial charge in [-0.05, 0) is 43.5 Å². The molecule has 0 aliphatic carbocycles. The van der Waals surface area contributed by atoms with Crippen LogP contribution in [-0.4, -0.2) is 12.5 Å². The molecule has 118 valence electrons. The summed E-state index contributed by atoms with van der Waals surface area (Å²) in [4.78, 5) is 11.9. The number of nitrogens with one attached hydrogen (secondary N) is 1. The first-order valence-corrected chi connectivity index (χ1v) is 7.51. The molecule has 1 heterocycles. The molecular formula is C18H23NO3. The maximum absolute atomic E-state index is 11.9. The molecule has 1 aromatic carbocycles. The van der Waals surface area contributed by atoms with E-state index in [1.165, 1.54) is 5.56 Å². The van der Waals surface area contributed by atoms with Gasteiger partial charge in [0.1, 0.15) is 17.3 Å². The maximum atomic E-state index is 11.9. The highest BCUT2D eigenvalue weighted by atomic mass is 16.5. The summed E-state index contributed by atoms with van der Waals surface area (Å²) in [5.41, 5.74) is 2.19. The number of rotatable bonds is 6. The Morgan fingerprint density at radius 1 is 1.27 bits per heavy atom. The standard InChI is InChI=1S/C18H23NO3/c1-12(2)15-6-5-7-17(9-15)21-11-18(20)19-10-16-8-13(3)22-14(16)4/h5-9,12H,10-11H2,1-4H3,(H,19,20). The molecule has 0 saturated heterocycles.